The SMILES string of the molecule is Cc1ccccc1CCC(=O)N1CCc2ccccc2C1c1cc(Cl)ccc1O. The summed E-state index contributed by atoms with van der Waals surface area (Å²) < 4.78 is 0. The molecule has 3 nitrogen and oxygen atoms in total. The summed E-state index contributed by atoms with van der Waals surface area (Å²) in [6.07, 6.45) is 1.95. The van der Waals surface area contributed by atoms with Crippen molar-refractivity contribution in [3.63, 3.8) is 0 Å². The van der Waals surface area contributed by atoms with E-state index in [1.54, 1.807) is 18.2 Å². The van der Waals surface area contributed by atoms with E-state index in [4.69, 9.17) is 11.6 Å². The van der Waals surface area contributed by atoms with E-state index in [1.165, 1.54) is 16.7 Å². The van der Waals surface area contributed by atoms with Crippen molar-refractivity contribution in [2.24, 2.45) is 0 Å². The Kier molecular flexibility index (Phi) is 5.59. The highest BCUT2D eigenvalue weighted by Crippen LogP contribution is 2.40. The van der Waals surface area contributed by atoms with Crippen LogP contribution in [0.2, 0.25) is 5.02 Å². The molecule has 1 unspecified atom stereocenters. The molecule has 3 aromatic carbocycles. The van der Waals surface area contributed by atoms with Crippen LogP contribution in [0, 0.1) is 6.92 Å². The molecule has 0 aromatic heterocycles. The summed E-state index contributed by atoms with van der Waals surface area (Å²) in [4.78, 5) is 15.2. The molecule has 0 saturated heterocycles. The van der Waals surface area contributed by atoms with E-state index in [0.29, 0.717) is 30.0 Å². The van der Waals surface area contributed by atoms with Gasteiger partial charge in [-0.3, -0.25) is 4.79 Å². The van der Waals surface area contributed by atoms with E-state index < -0.39 is 0 Å². The molecule has 0 fully saturated rings. The second-order valence-electron chi connectivity index (χ2n) is 7.57. The lowest BCUT2D eigenvalue weighted by molar-refractivity contribution is -0.133. The molecular formula is C25H24ClNO2. The van der Waals surface area contributed by atoms with Crippen molar-refractivity contribution in [2.75, 3.05) is 6.54 Å². The number of halogens is 1. The van der Waals surface area contributed by atoms with Gasteiger partial charge in [-0.05, 0) is 60.2 Å². The van der Waals surface area contributed by atoms with Crippen LogP contribution in [-0.2, 0) is 17.6 Å². The van der Waals surface area contributed by atoms with Crippen LogP contribution in [-0.4, -0.2) is 22.5 Å². The van der Waals surface area contributed by atoms with Gasteiger partial charge in [0.25, 0.3) is 0 Å². The van der Waals surface area contributed by atoms with Crippen molar-refractivity contribution < 1.29 is 9.90 Å². The van der Waals surface area contributed by atoms with Gasteiger partial charge in [0.05, 0.1) is 6.04 Å². The number of benzene rings is 3. The molecule has 1 atom stereocenters. The summed E-state index contributed by atoms with van der Waals surface area (Å²) >= 11 is 6.23. The third-order valence-electron chi connectivity index (χ3n) is 5.76. The number of rotatable bonds is 4. The van der Waals surface area contributed by atoms with Gasteiger partial charge in [0.1, 0.15) is 5.75 Å². The van der Waals surface area contributed by atoms with Gasteiger partial charge in [-0.1, -0.05) is 60.1 Å². The number of nitrogens with zero attached hydrogens (tertiary/aromatic N) is 1. The highest BCUT2D eigenvalue weighted by Gasteiger charge is 2.33. The van der Waals surface area contributed by atoms with E-state index >= 15 is 0 Å². The van der Waals surface area contributed by atoms with Gasteiger partial charge >= 0.3 is 0 Å². The largest absolute Gasteiger partial charge is 0.508 e. The second-order valence-corrected chi connectivity index (χ2v) is 8.00. The fraction of sp³-hybridized carbons (Fsp3) is 0.240. The molecule has 1 heterocycles. The minimum Gasteiger partial charge on any atom is -0.508 e. The van der Waals surface area contributed by atoms with Crippen molar-refractivity contribution in [1.29, 1.82) is 0 Å². The normalized spacial score (nSPS) is 15.8. The molecule has 0 bridgehead atoms. The Hall–Kier alpha value is -2.78. The molecule has 3 aromatic rings. The molecule has 148 valence electrons. The average molecular weight is 406 g/mol. The molecule has 1 amide bonds. The molecule has 1 aliphatic rings. The van der Waals surface area contributed by atoms with Crippen molar-refractivity contribution >= 4 is 17.5 Å². The third-order valence-corrected chi connectivity index (χ3v) is 5.99. The van der Waals surface area contributed by atoms with E-state index in [9.17, 15) is 9.90 Å². The Morgan fingerprint density at radius 2 is 1.83 bits per heavy atom. The Labute approximate surface area is 176 Å². The number of fused-ring (bicyclic) bond motifs is 1. The topological polar surface area (TPSA) is 40.5 Å². The van der Waals surface area contributed by atoms with Crippen molar-refractivity contribution in [3.8, 4) is 5.75 Å². The summed E-state index contributed by atoms with van der Waals surface area (Å²) in [6, 6.07) is 21.0. The highest BCUT2D eigenvalue weighted by atomic mass is 35.5. The minimum absolute atomic E-state index is 0.0899. The molecule has 4 rings (SSSR count). The lowest BCUT2D eigenvalue weighted by Crippen LogP contribution is -2.40. The molecule has 4 heteroatoms. The van der Waals surface area contributed by atoms with Gasteiger partial charge in [-0.25, -0.2) is 0 Å². The maximum atomic E-state index is 13.3. The molecule has 29 heavy (non-hydrogen) atoms. The monoisotopic (exact) mass is 405 g/mol. The van der Waals surface area contributed by atoms with Crippen LogP contribution in [0.3, 0.4) is 0 Å². The van der Waals surface area contributed by atoms with Crippen LogP contribution in [0.4, 0.5) is 0 Å². The Morgan fingerprint density at radius 3 is 2.66 bits per heavy atom. The first kappa shape index (κ1) is 19.5. The van der Waals surface area contributed by atoms with Crippen molar-refractivity contribution in [1.82, 2.24) is 4.90 Å². The molecule has 0 aliphatic carbocycles. The Morgan fingerprint density at radius 1 is 1.07 bits per heavy atom. The summed E-state index contributed by atoms with van der Waals surface area (Å²) in [5.41, 5.74) is 5.34. The fourth-order valence-electron chi connectivity index (χ4n) is 4.19. The lowest BCUT2D eigenvalue weighted by Gasteiger charge is -2.38. The van der Waals surface area contributed by atoms with Crippen LogP contribution >= 0.6 is 11.6 Å². The summed E-state index contributed by atoms with van der Waals surface area (Å²) in [5, 5.41) is 11.1. The van der Waals surface area contributed by atoms with Crippen LogP contribution in [0.1, 0.15) is 40.3 Å². The van der Waals surface area contributed by atoms with Gasteiger partial charge in [0, 0.05) is 23.6 Å². The highest BCUT2D eigenvalue weighted by molar-refractivity contribution is 6.30. The maximum absolute atomic E-state index is 13.3. The number of aromatic hydroxyl groups is 1. The minimum atomic E-state index is -0.331. The molecule has 0 saturated carbocycles. The van der Waals surface area contributed by atoms with Crippen LogP contribution in [0.25, 0.3) is 0 Å². The number of phenolic OH excluding ortho intramolecular Hbond substituents is 1. The predicted molar refractivity (Wildman–Crippen MR) is 116 cm³/mol. The lowest BCUT2D eigenvalue weighted by atomic mass is 9.87. The van der Waals surface area contributed by atoms with Gasteiger partial charge in [0.15, 0.2) is 0 Å². The Bertz CT molecular complexity index is 1050. The van der Waals surface area contributed by atoms with E-state index in [1.807, 2.05) is 35.2 Å². The molecule has 0 radical (unpaired) electrons. The van der Waals surface area contributed by atoms with E-state index in [-0.39, 0.29) is 17.7 Å². The summed E-state index contributed by atoms with van der Waals surface area (Å²) in [6.45, 7) is 2.70. The average Bonchev–Trinajstić information content (AvgIpc) is 2.74. The molecule has 1 aliphatic heterocycles. The molecule has 1 N–H and O–H groups in total. The first-order valence-electron chi connectivity index (χ1n) is 9.95. The van der Waals surface area contributed by atoms with Gasteiger partial charge in [0.2, 0.25) is 5.91 Å². The number of aryl methyl sites for hydroxylation is 2. The first-order chi connectivity index (χ1) is 14.0. The maximum Gasteiger partial charge on any atom is 0.223 e. The number of carbonyl (C=O) groups is 1. The third kappa shape index (κ3) is 4.01. The van der Waals surface area contributed by atoms with Gasteiger partial charge in [-0.15, -0.1) is 0 Å². The zero-order valence-electron chi connectivity index (χ0n) is 16.4. The van der Waals surface area contributed by atoms with Crippen LogP contribution in [0.5, 0.6) is 5.75 Å². The fourth-order valence-corrected chi connectivity index (χ4v) is 4.37. The van der Waals surface area contributed by atoms with E-state index in [2.05, 4.69) is 25.1 Å². The Balaban J connectivity index is 1.67. The zero-order valence-corrected chi connectivity index (χ0v) is 17.2. The number of amides is 1. The number of phenols is 1. The number of hydrogen-bond donors (Lipinski definition) is 1. The molecular weight excluding hydrogens is 382 g/mol. The zero-order chi connectivity index (χ0) is 20.4. The van der Waals surface area contributed by atoms with Gasteiger partial charge in [-0.2, -0.15) is 0 Å². The summed E-state index contributed by atoms with van der Waals surface area (Å²) in [5.74, 6) is 0.250. The predicted octanol–water partition coefficient (Wildman–Crippen LogP) is 5.46. The van der Waals surface area contributed by atoms with Crippen molar-refractivity contribution in [2.45, 2.75) is 32.2 Å². The smallest absolute Gasteiger partial charge is 0.223 e. The number of hydrogen-bond acceptors (Lipinski definition) is 2. The second kappa shape index (κ2) is 8.30. The summed E-state index contributed by atoms with van der Waals surface area (Å²) in [7, 11) is 0. The van der Waals surface area contributed by atoms with Gasteiger partial charge < -0.3 is 10.0 Å². The standard InChI is InChI=1S/C25H24ClNO2/c1-17-6-2-3-7-18(17)10-13-24(29)27-15-14-19-8-4-5-9-21(19)25(27)22-16-20(26)11-12-23(22)28/h2-9,11-12,16,25,28H,10,13-15H2,1H3. The quantitative estimate of drug-likeness (QED) is 0.626. The number of carbonyl (C=O) groups excluding carboxylic acids is 1. The van der Waals surface area contributed by atoms with Crippen LogP contribution < -0.4 is 0 Å². The van der Waals surface area contributed by atoms with E-state index in [0.717, 1.165) is 12.0 Å². The first-order valence-corrected chi connectivity index (χ1v) is 10.3. The van der Waals surface area contributed by atoms with Crippen molar-refractivity contribution in [3.05, 3.63) is 99.6 Å². The van der Waals surface area contributed by atoms with Crippen LogP contribution in [0.15, 0.2) is 66.7 Å². The molecule has 0 spiro atoms.